The third-order valence-corrected chi connectivity index (χ3v) is 2.18. The molecule has 7 nitrogen and oxygen atoms in total. The number of aromatic nitrogens is 5. The largest absolute Gasteiger partial charge is 0.383 e. The van der Waals surface area contributed by atoms with Crippen molar-refractivity contribution in [3.8, 4) is 0 Å². The van der Waals surface area contributed by atoms with Crippen molar-refractivity contribution >= 4 is 11.6 Å². The molecule has 0 saturated carbocycles. The lowest BCUT2D eigenvalue weighted by molar-refractivity contribution is 0.746. The fourth-order valence-electron chi connectivity index (χ4n) is 1.27. The Balaban J connectivity index is 2.07. The van der Waals surface area contributed by atoms with Gasteiger partial charge in [-0.25, -0.2) is 15.0 Å². The van der Waals surface area contributed by atoms with Crippen molar-refractivity contribution in [2.75, 3.05) is 11.1 Å². The summed E-state index contributed by atoms with van der Waals surface area (Å²) < 4.78 is 1.65. The quantitative estimate of drug-likeness (QED) is 0.760. The number of nitrogen functional groups attached to an aromatic ring is 1. The van der Waals surface area contributed by atoms with E-state index >= 15 is 0 Å². The van der Waals surface area contributed by atoms with Crippen molar-refractivity contribution < 1.29 is 0 Å². The summed E-state index contributed by atoms with van der Waals surface area (Å²) in [6.45, 7) is 2.38. The fraction of sp³-hybridized carbons (Fsp3) is 0.333. The van der Waals surface area contributed by atoms with E-state index in [0.717, 1.165) is 5.56 Å². The first-order chi connectivity index (χ1) is 7.66. The minimum atomic E-state index is 0.478. The highest BCUT2D eigenvalue weighted by atomic mass is 15.3. The molecule has 0 bridgehead atoms. The normalized spacial score (nSPS) is 10.4. The summed E-state index contributed by atoms with van der Waals surface area (Å²) in [7, 11) is 1.82. The van der Waals surface area contributed by atoms with Crippen LogP contribution in [0.5, 0.6) is 0 Å². The van der Waals surface area contributed by atoms with E-state index in [4.69, 9.17) is 5.73 Å². The van der Waals surface area contributed by atoms with Crippen LogP contribution in [0.25, 0.3) is 0 Å². The van der Waals surface area contributed by atoms with Crippen LogP contribution >= 0.6 is 0 Å². The zero-order chi connectivity index (χ0) is 11.5. The Kier molecular flexibility index (Phi) is 2.67. The summed E-state index contributed by atoms with van der Waals surface area (Å²) in [5.41, 5.74) is 6.50. The van der Waals surface area contributed by atoms with Crippen molar-refractivity contribution in [2.45, 2.75) is 13.5 Å². The van der Waals surface area contributed by atoms with Gasteiger partial charge in [0.05, 0.1) is 6.54 Å². The second-order valence-corrected chi connectivity index (χ2v) is 3.42. The second-order valence-electron chi connectivity index (χ2n) is 3.42. The molecule has 16 heavy (non-hydrogen) atoms. The molecule has 0 radical (unpaired) electrons. The first-order valence-electron chi connectivity index (χ1n) is 4.82. The molecule has 0 aliphatic rings. The van der Waals surface area contributed by atoms with Crippen LogP contribution in [0.1, 0.15) is 11.4 Å². The van der Waals surface area contributed by atoms with E-state index in [-0.39, 0.29) is 0 Å². The van der Waals surface area contributed by atoms with Gasteiger partial charge in [-0.2, -0.15) is 5.10 Å². The summed E-state index contributed by atoms with van der Waals surface area (Å²) in [6.07, 6.45) is 3.08. The van der Waals surface area contributed by atoms with Gasteiger partial charge in [-0.15, -0.1) is 0 Å². The molecule has 2 heterocycles. The predicted molar refractivity (Wildman–Crippen MR) is 59.5 cm³/mol. The first kappa shape index (κ1) is 10.3. The summed E-state index contributed by atoms with van der Waals surface area (Å²) in [5, 5.41) is 7.26. The van der Waals surface area contributed by atoms with Crippen LogP contribution < -0.4 is 11.1 Å². The summed E-state index contributed by atoms with van der Waals surface area (Å²) in [5.74, 6) is 1.89. The van der Waals surface area contributed by atoms with Crippen LogP contribution in [-0.4, -0.2) is 24.7 Å². The molecule has 0 amide bonds. The van der Waals surface area contributed by atoms with Crippen molar-refractivity contribution in [1.29, 1.82) is 0 Å². The average Bonchev–Trinajstić information content (AvgIpc) is 2.67. The maximum absolute atomic E-state index is 5.67. The van der Waals surface area contributed by atoms with Gasteiger partial charge in [-0.1, -0.05) is 0 Å². The van der Waals surface area contributed by atoms with E-state index in [0.29, 0.717) is 24.0 Å². The molecule has 2 aromatic rings. The van der Waals surface area contributed by atoms with Crippen molar-refractivity contribution in [2.24, 2.45) is 7.05 Å². The molecule has 2 rings (SSSR count). The number of rotatable bonds is 3. The van der Waals surface area contributed by atoms with Gasteiger partial charge in [-0.05, 0) is 6.92 Å². The predicted octanol–water partition coefficient (Wildman–Crippen LogP) is 0.108. The Morgan fingerprint density at radius 3 is 2.88 bits per heavy atom. The molecule has 0 spiro atoms. The molecule has 0 unspecified atom stereocenters. The van der Waals surface area contributed by atoms with Gasteiger partial charge >= 0.3 is 0 Å². The van der Waals surface area contributed by atoms with Crippen molar-refractivity contribution in [3.05, 3.63) is 24.0 Å². The highest BCUT2D eigenvalue weighted by molar-refractivity contribution is 5.53. The van der Waals surface area contributed by atoms with E-state index in [1.165, 1.54) is 6.33 Å². The first-order valence-corrected chi connectivity index (χ1v) is 4.82. The lowest BCUT2D eigenvalue weighted by Crippen LogP contribution is -2.07. The number of nitrogens with zero attached hydrogens (tertiary/aromatic N) is 5. The number of nitrogens with one attached hydrogen (secondary N) is 1. The summed E-state index contributed by atoms with van der Waals surface area (Å²) >= 11 is 0. The van der Waals surface area contributed by atoms with Gasteiger partial charge in [0.25, 0.3) is 0 Å². The Morgan fingerprint density at radius 2 is 2.19 bits per heavy atom. The zero-order valence-electron chi connectivity index (χ0n) is 9.18. The Bertz CT molecular complexity index is 490. The molecule has 0 fully saturated rings. The van der Waals surface area contributed by atoms with Gasteiger partial charge in [0.1, 0.15) is 24.3 Å². The molecule has 3 N–H and O–H groups in total. The van der Waals surface area contributed by atoms with Crippen molar-refractivity contribution in [1.82, 2.24) is 24.7 Å². The van der Waals surface area contributed by atoms with Crippen LogP contribution in [0.2, 0.25) is 0 Å². The highest BCUT2D eigenvalue weighted by Gasteiger charge is 2.04. The van der Waals surface area contributed by atoms with Crippen LogP contribution in [0.3, 0.4) is 0 Å². The summed E-state index contributed by atoms with van der Waals surface area (Å²) in [6, 6.07) is 0. The molecular weight excluding hydrogens is 206 g/mol. The summed E-state index contributed by atoms with van der Waals surface area (Å²) in [4.78, 5) is 12.1. The minimum Gasteiger partial charge on any atom is -0.383 e. The highest BCUT2D eigenvalue weighted by Crippen LogP contribution is 2.15. The SMILES string of the molecule is Cc1c(N)ncnc1NCc1ncn(C)n1. The molecule has 0 aliphatic carbocycles. The topological polar surface area (TPSA) is 94.5 Å². The Morgan fingerprint density at radius 1 is 1.38 bits per heavy atom. The monoisotopic (exact) mass is 219 g/mol. The van der Waals surface area contributed by atoms with Crippen LogP contribution in [-0.2, 0) is 13.6 Å². The van der Waals surface area contributed by atoms with E-state index in [1.54, 1.807) is 11.0 Å². The minimum absolute atomic E-state index is 0.478. The van der Waals surface area contributed by atoms with E-state index in [9.17, 15) is 0 Å². The molecule has 2 aromatic heterocycles. The smallest absolute Gasteiger partial charge is 0.169 e. The Hall–Kier alpha value is -2.18. The number of aryl methyl sites for hydroxylation is 1. The number of nitrogens with two attached hydrogens (primary N) is 1. The maximum Gasteiger partial charge on any atom is 0.169 e. The van der Waals surface area contributed by atoms with Gasteiger partial charge in [0, 0.05) is 12.6 Å². The van der Waals surface area contributed by atoms with Crippen LogP contribution in [0.4, 0.5) is 11.6 Å². The van der Waals surface area contributed by atoms with Crippen LogP contribution in [0.15, 0.2) is 12.7 Å². The maximum atomic E-state index is 5.67. The van der Waals surface area contributed by atoms with Crippen LogP contribution in [0, 0.1) is 6.92 Å². The molecule has 84 valence electrons. The molecule has 0 aromatic carbocycles. The van der Waals surface area contributed by atoms with E-state index in [2.05, 4.69) is 25.4 Å². The van der Waals surface area contributed by atoms with Gasteiger partial charge in [0.15, 0.2) is 5.82 Å². The lowest BCUT2D eigenvalue weighted by Gasteiger charge is -2.07. The van der Waals surface area contributed by atoms with Gasteiger partial charge in [-0.3, -0.25) is 4.68 Å². The second kappa shape index (κ2) is 4.13. The van der Waals surface area contributed by atoms with Gasteiger partial charge in [0.2, 0.25) is 0 Å². The average molecular weight is 219 g/mol. The standard InChI is InChI=1S/C9H13N7/c1-6-8(10)12-4-13-9(6)11-3-7-14-5-16(2)15-7/h4-5H,3H2,1-2H3,(H3,10,11,12,13). The Labute approximate surface area is 92.7 Å². The molecular formula is C9H13N7. The number of hydrogen-bond acceptors (Lipinski definition) is 6. The van der Waals surface area contributed by atoms with Crippen molar-refractivity contribution in [3.63, 3.8) is 0 Å². The molecule has 0 saturated heterocycles. The molecule has 0 atom stereocenters. The lowest BCUT2D eigenvalue weighted by atomic mass is 10.3. The number of hydrogen-bond donors (Lipinski definition) is 2. The van der Waals surface area contributed by atoms with Gasteiger partial charge < -0.3 is 11.1 Å². The molecule has 0 aliphatic heterocycles. The third kappa shape index (κ3) is 2.08. The van der Waals surface area contributed by atoms with E-state index in [1.807, 2.05) is 14.0 Å². The zero-order valence-corrected chi connectivity index (χ0v) is 9.18. The molecule has 7 heteroatoms. The third-order valence-electron chi connectivity index (χ3n) is 2.18. The fourth-order valence-corrected chi connectivity index (χ4v) is 1.27. The van der Waals surface area contributed by atoms with E-state index < -0.39 is 0 Å². The number of anilines is 2.